The third-order valence-corrected chi connectivity index (χ3v) is 4.08. The molecular formula is C23H20ClFeN+2. The average Bonchev–Trinajstić information content (AvgIpc) is 3.37. The first-order valence-corrected chi connectivity index (χ1v) is 8.66. The van der Waals surface area contributed by atoms with Crippen LogP contribution in [-0.4, -0.2) is 0 Å². The molecule has 0 heterocycles. The van der Waals surface area contributed by atoms with Crippen molar-refractivity contribution in [2.45, 2.75) is 6.04 Å². The Morgan fingerprint density at radius 3 is 1.88 bits per heavy atom. The van der Waals surface area contributed by atoms with Gasteiger partial charge >= 0.3 is 17.1 Å². The Morgan fingerprint density at radius 2 is 1.31 bits per heavy atom. The quantitative estimate of drug-likeness (QED) is 0.627. The van der Waals surface area contributed by atoms with Crippen LogP contribution < -0.4 is 5.32 Å². The van der Waals surface area contributed by atoms with Crippen molar-refractivity contribution in [3.8, 4) is 0 Å². The number of halogens is 1. The maximum Gasteiger partial charge on any atom is 2.00 e. The molecule has 4 rings (SSSR count). The third-order valence-electron chi connectivity index (χ3n) is 3.85. The summed E-state index contributed by atoms with van der Waals surface area (Å²) < 4.78 is 0. The fourth-order valence-corrected chi connectivity index (χ4v) is 2.84. The number of nitrogens with one attached hydrogen (secondary N) is 1. The Kier molecular flexibility index (Phi) is 9.61. The zero-order chi connectivity index (χ0) is 17.3. The van der Waals surface area contributed by atoms with Gasteiger partial charge in [0.25, 0.3) is 0 Å². The van der Waals surface area contributed by atoms with Crippen molar-refractivity contribution >= 4 is 17.3 Å². The van der Waals surface area contributed by atoms with Gasteiger partial charge in [-0.15, -0.1) is 0 Å². The van der Waals surface area contributed by atoms with Crippen molar-refractivity contribution in [3.05, 3.63) is 129 Å². The second-order valence-electron chi connectivity index (χ2n) is 5.68. The zero-order valence-electron chi connectivity index (χ0n) is 14.2. The normalized spacial score (nSPS) is 17.7. The van der Waals surface area contributed by atoms with Crippen molar-refractivity contribution in [2.75, 3.05) is 5.32 Å². The number of hydrogen-bond acceptors (Lipinski definition) is 1. The van der Waals surface area contributed by atoms with Crippen LogP contribution in [0, 0.1) is 63.7 Å². The second-order valence-corrected chi connectivity index (χ2v) is 6.12. The van der Waals surface area contributed by atoms with Crippen LogP contribution in [0.15, 0.2) is 54.6 Å². The summed E-state index contributed by atoms with van der Waals surface area (Å²) in [5.41, 5.74) is 2.26. The Labute approximate surface area is 174 Å². The first-order valence-electron chi connectivity index (χ1n) is 8.28. The molecule has 1 atom stereocenters. The van der Waals surface area contributed by atoms with Crippen LogP contribution in [0.1, 0.15) is 11.6 Å². The molecule has 0 amide bonds. The molecule has 10 radical (unpaired) electrons. The molecular weight excluding hydrogens is 382 g/mol. The molecule has 0 saturated heterocycles. The number of benzene rings is 2. The van der Waals surface area contributed by atoms with Gasteiger partial charge in [-0.3, -0.25) is 0 Å². The summed E-state index contributed by atoms with van der Waals surface area (Å²) in [4.78, 5) is 0. The molecule has 2 fully saturated rings. The topological polar surface area (TPSA) is 12.0 Å². The first-order chi connectivity index (χ1) is 12.3. The Bertz CT molecular complexity index is 614. The number of anilines is 1. The minimum absolute atomic E-state index is 0. The molecule has 3 heteroatoms. The van der Waals surface area contributed by atoms with Gasteiger partial charge in [-0.2, -0.15) is 0 Å². The largest absolute Gasteiger partial charge is 2.00 e. The van der Waals surface area contributed by atoms with Crippen LogP contribution in [0.25, 0.3) is 0 Å². The fraction of sp³-hybridized carbons (Fsp3) is 0.0435. The van der Waals surface area contributed by atoms with Gasteiger partial charge in [-0.1, -0.05) is 48.0 Å². The molecule has 1 unspecified atom stereocenters. The molecule has 1 N–H and O–H groups in total. The van der Waals surface area contributed by atoms with Crippen LogP contribution in [0.2, 0.25) is 5.02 Å². The Balaban J connectivity index is 0.000000351. The van der Waals surface area contributed by atoms with E-state index < -0.39 is 0 Å². The standard InChI is InChI=1S/C18H15ClN.C5H5.Fe/c19-16-11-6-12-17(13-16)20-18(15-9-4-5-10-15)14-7-2-1-3-8-14;1-2-4-5-3-1;/h1-13,18,20H;1-5H;/q;;+2. The first kappa shape index (κ1) is 21.4. The van der Waals surface area contributed by atoms with Gasteiger partial charge in [-0.25, -0.2) is 0 Å². The van der Waals surface area contributed by atoms with Crippen molar-refractivity contribution in [1.29, 1.82) is 0 Å². The molecule has 130 valence electrons. The van der Waals surface area contributed by atoms with E-state index in [1.165, 1.54) is 11.5 Å². The van der Waals surface area contributed by atoms with Crippen LogP contribution in [0.5, 0.6) is 0 Å². The summed E-state index contributed by atoms with van der Waals surface area (Å²) in [5, 5.41) is 4.29. The maximum absolute atomic E-state index is 6.06. The molecule has 2 aromatic rings. The summed E-state index contributed by atoms with van der Waals surface area (Å²) in [6, 6.07) is 18.4. The molecule has 2 saturated carbocycles. The summed E-state index contributed by atoms with van der Waals surface area (Å²) in [7, 11) is 0. The van der Waals surface area contributed by atoms with E-state index in [9.17, 15) is 0 Å². The Hall–Kier alpha value is -0.951. The molecule has 2 aliphatic carbocycles. The monoisotopic (exact) mass is 401 g/mol. The predicted octanol–water partition coefficient (Wildman–Crippen LogP) is 5.92. The number of rotatable bonds is 4. The molecule has 0 bridgehead atoms. The van der Waals surface area contributed by atoms with Crippen molar-refractivity contribution in [3.63, 3.8) is 0 Å². The minimum Gasteiger partial charge on any atom is -0.378 e. The van der Waals surface area contributed by atoms with Crippen LogP contribution >= 0.6 is 11.6 Å². The van der Waals surface area contributed by atoms with Crippen LogP contribution in [0.3, 0.4) is 0 Å². The van der Waals surface area contributed by atoms with Crippen molar-refractivity contribution in [1.82, 2.24) is 0 Å². The van der Waals surface area contributed by atoms with Gasteiger partial charge < -0.3 is 5.32 Å². The second kappa shape index (κ2) is 11.7. The van der Waals surface area contributed by atoms with Gasteiger partial charge in [0.1, 0.15) is 0 Å². The summed E-state index contributed by atoms with van der Waals surface area (Å²) >= 11 is 6.06. The van der Waals surface area contributed by atoms with E-state index in [0.29, 0.717) is 0 Å². The van der Waals surface area contributed by atoms with E-state index >= 15 is 0 Å². The van der Waals surface area contributed by atoms with Crippen LogP contribution in [0.4, 0.5) is 5.69 Å². The van der Waals surface area contributed by atoms with Crippen LogP contribution in [-0.2, 0) is 17.1 Å². The van der Waals surface area contributed by atoms with Gasteiger partial charge in [0.2, 0.25) is 0 Å². The molecule has 0 spiro atoms. The average molecular weight is 402 g/mol. The molecule has 26 heavy (non-hydrogen) atoms. The summed E-state index contributed by atoms with van der Waals surface area (Å²) in [6.45, 7) is 0. The van der Waals surface area contributed by atoms with Gasteiger partial charge in [0, 0.05) is 16.6 Å². The van der Waals surface area contributed by atoms with E-state index in [1.54, 1.807) is 0 Å². The smallest absolute Gasteiger partial charge is 0.378 e. The van der Waals surface area contributed by atoms with E-state index in [-0.39, 0.29) is 23.1 Å². The molecule has 0 aromatic heterocycles. The molecule has 2 aromatic carbocycles. The van der Waals surface area contributed by atoms with E-state index in [2.05, 4.69) is 55.3 Å². The van der Waals surface area contributed by atoms with Gasteiger partial charge in [0.05, 0.1) is 6.04 Å². The van der Waals surface area contributed by atoms with Crippen molar-refractivity contribution in [2.24, 2.45) is 0 Å². The number of hydrogen-bond donors (Lipinski definition) is 1. The fourth-order valence-electron chi connectivity index (χ4n) is 2.65. The van der Waals surface area contributed by atoms with E-state index in [1.807, 2.05) is 62.4 Å². The van der Waals surface area contributed by atoms with Crippen molar-refractivity contribution < 1.29 is 17.1 Å². The maximum atomic E-state index is 6.06. The van der Waals surface area contributed by atoms with E-state index in [4.69, 9.17) is 11.6 Å². The van der Waals surface area contributed by atoms with Gasteiger partial charge in [-0.05, 0) is 81.5 Å². The molecule has 0 aliphatic heterocycles. The molecule has 2 aliphatic rings. The summed E-state index contributed by atoms with van der Waals surface area (Å²) in [6.07, 6.45) is 18.4. The predicted molar refractivity (Wildman–Crippen MR) is 106 cm³/mol. The SMILES string of the molecule is Clc1cccc(NC([C]2[CH][CH][CH][CH]2)c2ccccc2)c1.[CH]1[CH][CH][CH][CH]1.[Fe+2]. The van der Waals surface area contributed by atoms with E-state index in [0.717, 1.165) is 10.7 Å². The Morgan fingerprint density at radius 1 is 0.692 bits per heavy atom. The summed E-state index contributed by atoms with van der Waals surface area (Å²) in [5.74, 6) is 1.25. The third kappa shape index (κ3) is 6.65. The molecule has 1 nitrogen and oxygen atoms in total. The zero-order valence-corrected chi connectivity index (χ0v) is 16.1. The minimum atomic E-state index is 0. The van der Waals surface area contributed by atoms with Gasteiger partial charge in [0.15, 0.2) is 0 Å².